The molecule has 2 aromatic rings. The van der Waals surface area contributed by atoms with Gasteiger partial charge in [0.25, 0.3) is 0 Å². The van der Waals surface area contributed by atoms with E-state index in [0.29, 0.717) is 16.5 Å². The third-order valence-corrected chi connectivity index (χ3v) is 5.40. The van der Waals surface area contributed by atoms with Crippen LogP contribution in [0.15, 0.2) is 47.4 Å². The minimum atomic E-state index is -4.51. The number of alkyl halides is 3. The van der Waals surface area contributed by atoms with Crippen molar-refractivity contribution in [3.8, 4) is 0 Å². The molecule has 0 unspecified atom stereocenters. The lowest BCUT2D eigenvalue weighted by Crippen LogP contribution is -2.26. The van der Waals surface area contributed by atoms with Crippen molar-refractivity contribution < 1.29 is 21.6 Å². The fourth-order valence-corrected chi connectivity index (χ4v) is 3.28. The molecule has 24 heavy (non-hydrogen) atoms. The number of nitrogens with one attached hydrogen (secondary N) is 1. The first-order valence-electron chi connectivity index (χ1n) is 6.70. The highest BCUT2D eigenvalue weighted by Crippen LogP contribution is 2.29. The lowest BCUT2D eigenvalue weighted by Gasteiger charge is -2.09. The van der Waals surface area contributed by atoms with E-state index < -0.39 is 21.8 Å². The van der Waals surface area contributed by atoms with Gasteiger partial charge in [0, 0.05) is 6.54 Å². The SMILES string of the molecule is O=S(=O)(NCCc1ccc(Cl)c(Cl)c1)c1ccc(C(F)(F)F)cc1. The molecule has 1 N–H and O–H groups in total. The molecule has 0 bridgehead atoms. The van der Waals surface area contributed by atoms with E-state index in [9.17, 15) is 21.6 Å². The molecule has 0 saturated heterocycles. The van der Waals surface area contributed by atoms with Crippen LogP contribution in [0.25, 0.3) is 0 Å². The van der Waals surface area contributed by atoms with Crippen molar-refractivity contribution in [2.45, 2.75) is 17.5 Å². The zero-order valence-electron chi connectivity index (χ0n) is 12.1. The summed E-state index contributed by atoms with van der Waals surface area (Å²) >= 11 is 11.7. The van der Waals surface area contributed by atoms with Crippen LogP contribution in [0.3, 0.4) is 0 Å². The van der Waals surface area contributed by atoms with Gasteiger partial charge < -0.3 is 0 Å². The van der Waals surface area contributed by atoms with Gasteiger partial charge in [-0.1, -0.05) is 29.3 Å². The number of halogens is 5. The number of benzene rings is 2. The fraction of sp³-hybridized carbons (Fsp3) is 0.200. The van der Waals surface area contributed by atoms with Gasteiger partial charge >= 0.3 is 6.18 Å². The summed E-state index contributed by atoms with van der Waals surface area (Å²) in [6.07, 6.45) is -4.15. The summed E-state index contributed by atoms with van der Waals surface area (Å²) in [5, 5.41) is 0.755. The second-order valence-corrected chi connectivity index (χ2v) is 7.50. The summed E-state index contributed by atoms with van der Waals surface area (Å²) in [5.74, 6) is 0. The summed E-state index contributed by atoms with van der Waals surface area (Å²) in [5.41, 5.74) is -0.128. The van der Waals surface area contributed by atoms with Gasteiger partial charge in [-0.3, -0.25) is 0 Å². The first-order chi connectivity index (χ1) is 11.1. The molecule has 3 nitrogen and oxygen atoms in total. The number of hydrogen-bond donors (Lipinski definition) is 1. The molecule has 0 aliphatic rings. The van der Waals surface area contributed by atoms with Gasteiger partial charge in [0.15, 0.2) is 0 Å². The predicted octanol–water partition coefficient (Wildman–Crippen LogP) is 4.53. The third kappa shape index (κ3) is 4.86. The van der Waals surface area contributed by atoms with Crippen LogP contribution in [-0.2, 0) is 22.6 Å². The van der Waals surface area contributed by atoms with Gasteiger partial charge in [0.1, 0.15) is 0 Å². The van der Waals surface area contributed by atoms with Crippen molar-refractivity contribution in [2.24, 2.45) is 0 Å². The van der Waals surface area contributed by atoms with E-state index in [1.54, 1.807) is 18.2 Å². The van der Waals surface area contributed by atoms with Gasteiger partial charge in [-0.25, -0.2) is 13.1 Å². The Hall–Kier alpha value is -1.28. The van der Waals surface area contributed by atoms with Crippen LogP contribution < -0.4 is 4.72 Å². The largest absolute Gasteiger partial charge is 0.416 e. The Morgan fingerprint density at radius 3 is 2.12 bits per heavy atom. The normalized spacial score (nSPS) is 12.4. The molecular formula is C15H12Cl2F3NO2S. The Bertz CT molecular complexity index is 822. The van der Waals surface area contributed by atoms with Gasteiger partial charge in [0.05, 0.1) is 20.5 Å². The van der Waals surface area contributed by atoms with Gasteiger partial charge in [-0.2, -0.15) is 13.2 Å². The second kappa shape index (κ2) is 7.31. The molecular weight excluding hydrogens is 386 g/mol. The lowest BCUT2D eigenvalue weighted by atomic mass is 10.1. The van der Waals surface area contributed by atoms with Crippen molar-refractivity contribution in [3.63, 3.8) is 0 Å². The molecule has 0 radical (unpaired) electrons. The summed E-state index contributed by atoms with van der Waals surface area (Å²) in [4.78, 5) is -0.232. The van der Waals surface area contributed by atoms with Gasteiger partial charge in [-0.05, 0) is 48.4 Å². The van der Waals surface area contributed by atoms with Crippen molar-refractivity contribution in [1.82, 2.24) is 4.72 Å². The lowest BCUT2D eigenvalue weighted by molar-refractivity contribution is -0.137. The Labute approximate surface area is 147 Å². The Morgan fingerprint density at radius 1 is 0.958 bits per heavy atom. The van der Waals surface area contributed by atoms with E-state index in [0.717, 1.165) is 29.8 Å². The molecule has 0 amide bonds. The third-order valence-electron chi connectivity index (χ3n) is 3.18. The zero-order chi connectivity index (χ0) is 18.0. The van der Waals surface area contributed by atoms with E-state index in [4.69, 9.17) is 23.2 Å². The van der Waals surface area contributed by atoms with E-state index in [2.05, 4.69) is 4.72 Å². The maximum atomic E-state index is 12.5. The molecule has 0 aliphatic heterocycles. The standard InChI is InChI=1S/C15H12Cl2F3NO2S/c16-13-6-1-10(9-14(13)17)7-8-21-24(22,23)12-4-2-11(3-5-12)15(18,19)20/h1-6,9,21H,7-8H2. The molecule has 0 fully saturated rings. The van der Waals surface area contributed by atoms with E-state index in [1.165, 1.54) is 0 Å². The Kier molecular flexibility index (Phi) is 5.80. The molecule has 0 atom stereocenters. The van der Waals surface area contributed by atoms with E-state index >= 15 is 0 Å². The van der Waals surface area contributed by atoms with Crippen LogP contribution in [0.1, 0.15) is 11.1 Å². The molecule has 9 heteroatoms. The molecule has 2 aromatic carbocycles. The predicted molar refractivity (Wildman–Crippen MR) is 86.8 cm³/mol. The molecule has 0 heterocycles. The summed E-state index contributed by atoms with van der Waals surface area (Å²) < 4.78 is 63.9. The van der Waals surface area contributed by atoms with Crippen LogP contribution in [0.2, 0.25) is 10.0 Å². The Morgan fingerprint density at radius 2 is 1.58 bits per heavy atom. The average molecular weight is 398 g/mol. The molecule has 0 aromatic heterocycles. The van der Waals surface area contributed by atoms with Crippen LogP contribution >= 0.6 is 23.2 Å². The zero-order valence-corrected chi connectivity index (χ0v) is 14.4. The molecule has 130 valence electrons. The molecule has 0 saturated carbocycles. The minimum Gasteiger partial charge on any atom is -0.211 e. The van der Waals surface area contributed by atoms with Gasteiger partial charge in [-0.15, -0.1) is 0 Å². The summed E-state index contributed by atoms with van der Waals surface area (Å²) in [6.45, 7) is 0.0708. The van der Waals surface area contributed by atoms with Crippen LogP contribution in [-0.4, -0.2) is 15.0 Å². The number of hydrogen-bond acceptors (Lipinski definition) is 2. The van der Waals surface area contributed by atoms with E-state index in [1.807, 2.05) is 0 Å². The van der Waals surface area contributed by atoms with Crippen LogP contribution in [0, 0.1) is 0 Å². The minimum absolute atomic E-state index is 0.0708. The highest BCUT2D eigenvalue weighted by atomic mass is 35.5. The van der Waals surface area contributed by atoms with Crippen molar-refractivity contribution in [2.75, 3.05) is 6.54 Å². The maximum absolute atomic E-state index is 12.5. The van der Waals surface area contributed by atoms with Crippen molar-refractivity contribution in [1.29, 1.82) is 0 Å². The van der Waals surface area contributed by atoms with Crippen LogP contribution in [0.5, 0.6) is 0 Å². The molecule has 2 rings (SSSR count). The van der Waals surface area contributed by atoms with Crippen molar-refractivity contribution in [3.05, 3.63) is 63.6 Å². The monoisotopic (exact) mass is 397 g/mol. The first kappa shape index (κ1) is 19.1. The van der Waals surface area contributed by atoms with E-state index in [-0.39, 0.29) is 11.4 Å². The average Bonchev–Trinajstić information content (AvgIpc) is 2.50. The fourth-order valence-electron chi connectivity index (χ4n) is 1.93. The molecule has 0 aliphatic carbocycles. The summed E-state index contributed by atoms with van der Waals surface area (Å²) in [6, 6.07) is 8.23. The maximum Gasteiger partial charge on any atom is 0.416 e. The first-order valence-corrected chi connectivity index (χ1v) is 8.94. The highest BCUT2D eigenvalue weighted by Gasteiger charge is 2.30. The quantitative estimate of drug-likeness (QED) is 0.805. The summed E-state index contributed by atoms with van der Waals surface area (Å²) in [7, 11) is -3.89. The Balaban J connectivity index is 2.02. The number of rotatable bonds is 5. The highest BCUT2D eigenvalue weighted by molar-refractivity contribution is 7.89. The van der Waals surface area contributed by atoms with Crippen LogP contribution in [0.4, 0.5) is 13.2 Å². The second-order valence-electron chi connectivity index (χ2n) is 4.92. The smallest absolute Gasteiger partial charge is 0.211 e. The van der Waals surface area contributed by atoms with Gasteiger partial charge in [0.2, 0.25) is 10.0 Å². The number of sulfonamides is 1. The molecule has 0 spiro atoms. The van der Waals surface area contributed by atoms with Crippen molar-refractivity contribution >= 4 is 33.2 Å². The topological polar surface area (TPSA) is 46.2 Å².